The predicted molar refractivity (Wildman–Crippen MR) is 97.6 cm³/mol. The minimum Gasteiger partial charge on any atom is -0.328 e. The fraction of sp³-hybridized carbons (Fsp3) is 0.300. The van der Waals surface area contributed by atoms with Crippen LogP contribution in [-0.4, -0.2) is 47.2 Å². The fourth-order valence-corrected chi connectivity index (χ4v) is 3.56. The molecule has 0 bridgehead atoms. The van der Waals surface area contributed by atoms with E-state index in [0.717, 1.165) is 43.6 Å². The SMILES string of the molecule is Cc1ccccc1C[NH+]1CCN(C(=O)c2n[nH]c3ccccc23)CC1. The zero-order valence-electron chi connectivity index (χ0n) is 14.5. The fourth-order valence-electron chi connectivity index (χ4n) is 3.56. The Labute approximate surface area is 147 Å². The summed E-state index contributed by atoms with van der Waals surface area (Å²) < 4.78 is 0. The van der Waals surface area contributed by atoms with Crippen LogP contribution in [0, 0.1) is 6.92 Å². The Morgan fingerprint density at radius 2 is 1.84 bits per heavy atom. The van der Waals surface area contributed by atoms with E-state index in [1.165, 1.54) is 16.0 Å². The second-order valence-electron chi connectivity index (χ2n) is 6.76. The topological polar surface area (TPSA) is 53.4 Å². The maximum absolute atomic E-state index is 12.8. The Kier molecular flexibility index (Phi) is 4.24. The third kappa shape index (κ3) is 3.15. The molecule has 1 fully saturated rings. The van der Waals surface area contributed by atoms with Crippen molar-refractivity contribution in [2.45, 2.75) is 13.5 Å². The van der Waals surface area contributed by atoms with Gasteiger partial charge in [-0.05, 0) is 18.6 Å². The molecule has 0 spiro atoms. The minimum absolute atomic E-state index is 0.0346. The van der Waals surface area contributed by atoms with Gasteiger partial charge in [-0.1, -0.05) is 42.5 Å². The molecule has 1 amide bonds. The Balaban J connectivity index is 1.42. The lowest BCUT2D eigenvalue weighted by atomic mass is 10.1. The van der Waals surface area contributed by atoms with E-state index < -0.39 is 0 Å². The van der Waals surface area contributed by atoms with Crippen molar-refractivity contribution in [3.63, 3.8) is 0 Å². The molecule has 4 rings (SSSR count). The zero-order valence-corrected chi connectivity index (χ0v) is 14.5. The number of fused-ring (bicyclic) bond motifs is 1. The molecule has 1 aliphatic rings. The van der Waals surface area contributed by atoms with Gasteiger partial charge in [0.25, 0.3) is 5.91 Å². The normalized spacial score (nSPS) is 15.6. The van der Waals surface area contributed by atoms with E-state index in [0.29, 0.717) is 5.69 Å². The van der Waals surface area contributed by atoms with Crippen LogP contribution in [0.4, 0.5) is 0 Å². The molecule has 128 valence electrons. The van der Waals surface area contributed by atoms with Crippen LogP contribution < -0.4 is 4.90 Å². The van der Waals surface area contributed by atoms with Crippen molar-refractivity contribution in [2.75, 3.05) is 26.2 Å². The van der Waals surface area contributed by atoms with Crippen molar-refractivity contribution in [2.24, 2.45) is 0 Å². The third-order valence-corrected chi connectivity index (χ3v) is 5.13. The first-order valence-corrected chi connectivity index (χ1v) is 8.83. The molecule has 2 aromatic carbocycles. The lowest BCUT2D eigenvalue weighted by Gasteiger charge is -2.32. The van der Waals surface area contributed by atoms with Gasteiger partial charge in [-0.15, -0.1) is 0 Å². The summed E-state index contributed by atoms with van der Waals surface area (Å²) in [6, 6.07) is 16.3. The van der Waals surface area contributed by atoms with Crippen molar-refractivity contribution >= 4 is 16.8 Å². The van der Waals surface area contributed by atoms with Crippen LogP contribution in [0.15, 0.2) is 48.5 Å². The molecular weight excluding hydrogens is 312 g/mol. The van der Waals surface area contributed by atoms with E-state index in [1.807, 2.05) is 29.2 Å². The second kappa shape index (κ2) is 6.69. The first kappa shape index (κ1) is 15.8. The van der Waals surface area contributed by atoms with Crippen LogP contribution in [0.2, 0.25) is 0 Å². The first-order valence-electron chi connectivity index (χ1n) is 8.83. The summed E-state index contributed by atoms with van der Waals surface area (Å²) in [6.45, 7) is 6.70. The number of aromatic nitrogens is 2. The van der Waals surface area contributed by atoms with Crippen LogP contribution in [0.3, 0.4) is 0 Å². The van der Waals surface area contributed by atoms with E-state index in [4.69, 9.17) is 0 Å². The molecular formula is C20H23N4O+. The molecule has 2 heterocycles. The highest BCUT2D eigenvalue weighted by Gasteiger charge is 2.27. The molecule has 25 heavy (non-hydrogen) atoms. The van der Waals surface area contributed by atoms with Gasteiger partial charge in [0, 0.05) is 10.9 Å². The Bertz CT molecular complexity index is 893. The van der Waals surface area contributed by atoms with Crippen molar-refractivity contribution < 1.29 is 9.69 Å². The molecule has 0 aliphatic carbocycles. The lowest BCUT2D eigenvalue weighted by Crippen LogP contribution is -3.13. The van der Waals surface area contributed by atoms with Crippen LogP contribution in [0.1, 0.15) is 21.6 Å². The molecule has 3 aromatic rings. The van der Waals surface area contributed by atoms with Crippen LogP contribution in [-0.2, 0) is 6.54 Å². The number of carbonyl (C=O) groups excluding carboxylic acids is 1. The number of aromatic amines is 1. The standard InChI is InChI=1S/C20H22N4O/c1-15-6-2-3-7-16(15)14-23-10-12-24(13-11-23)20(25)19-17-8-4-5-9-18(17)21-22-19/h2-9H,10-14H2,1H3,(H,21,22)/p+1. The smallest absolute Gasteiger partial charge is 0.275 e. The number of hydrogen-bond donors (Lipinski definition) is 2. The van der Waals surface area contributed by atoms with Crippen LogP contribution >= 0.6 is 0 Å². The predicted octanol–water partition coefficient (Wildman–Crippen LogP) is 1.41. The van der Waals surface area contributed by atoms with Crippen molar-refractivity contribution in [1.82, 2.24) is 15.1 Å². The van der Waals surface area contributed by atoms with Gasteiger partial charge < -0.3 is 9.80 Å². The molecule has 1 saturated heterocycles. The quantitative estimate of drug-likeness (QED) is 0.760. The maximum Gasteiger partial charge on any atom is 0.275 e. The van der Waals surface area contributed by atoms with Gasteiger partial charge in [-0.3, -0.25) is 9.89 Å². The van der Waals surface area contributed by atoms with Crippen molar-refractivity contribution in [3.05, 3.63) is 65.4 Å². The Hall–Kier alpha value is -2.66. The summed E-state index contributed by atoms with van der Waals surface area (Å²) in [5, 5.41) is 8.10. The van der Waals surface area contributed by atoms with Gasteiger partial charge in [0.1, 0.15) is 6.54 Å². The van der Waals surface area contributed by atoms with Gasteiger partial charge >= 0.3 is 0 Å². The highest BCUT2D eigenvalue weighted by atomic mass is 16.2. The van der Waals surface area contributed by atoms with Gasteiger partial charge in [0.05, 0.1) is 31.7 Å². The first-order chi connectivity index (χ1) is 12.2. The summed E-state index contributed by atoms with van der Waals surface area (Å²) in [5.74, 6) is 0.0346. The number of hydrogen-bond acceptors (Lipinski definition) is 2. The van der Waals surface area contributed by atoms with E-state index in [-0.39, 0.29) is 5.91 Å². The van der Waals surface area contributed by atoms with Gasteiger partial charge in [0.15, 0.2) is 5.69 Å². The van der Waals surface area contributed by atoms with Gasteiger partial charge in [-0.25, -0.2) is 0 Å². The van der Waals surface area contributed by atoms with Crippen molar-refractivity contribution in [1.29, 1.82) is 0 Å². The number of amides is 1. The number of piperazine rings is 1. The zero-order chi connectivity index (χ0) is 17.2. The van der Waals surface area contributed by atoms with Crippen LogP contribution in [0.25, 0.3) is 10.9 Å². The van der Waals surface area contributed by atoms with E-state index in [9.17, 15) is 4.79 Å². The number of rotatable bonds is 3. The number of benzene rings is 2. The summed E-state index contributed by atoms with van der Waals surface area (Å²) >= 11 is 0. The molecule has 0 unspecified atom stereocenters. The average Bonchev–Trinajstić information content (AvgIpc) is 3.08. The van der Waals surface area contributed by atoms with E-state index in [2.05, 4.69) is 41.4 Å². The number of para-hydroxylation sites is 1. The molecule has 1 aromatic heterocycles. The van der Waals surface area contributed by atoms with Crippen LogP contribution in [0.5, 0.6) is 0 Å². The molecule has 2 N–H and O–H groups in total. The number of H-pyrrole nitrogens is 1. The molecule has 5 heteroatoms. The summed E-state index contributed by atoms with van der Waals surface area (Å²) in [7, 11) is 0. The number of nitrogens with one attached hydrogen (secondary N) is 2. The minimum atomic E-state index is 0.0346. The lowest BCUT2D eigenvalue weighted by molar-refractivity contribution is -0.917. The molecule has 0 atom stereocenters. The van der Waals surface area contributed by atoms with E-state index in [1.54, 1.807) is 0 Å². The number of carbonyl (C=O) groups is 1. The second-order valence-corrected chi connectivity index (χ2v) is 6.76. The highest BCUT2D eigenvalue weighted by molar-refractivity contribution is 6.04. The number of nitrogens with zero attached hydrogens (tertiary/aromatic N) is 2. The summed E-state index contributed by atoms with van der Waals surface area (Å²) in [5.41, 5.74) is 4.19. The average molecular weight is 335 g/mol. The van der Waals surface area contributed by atoms with E-state index >= 15 is 0 Å². The largest absolute Gasteiger partial charge is 0.328 e. The summed E-state index contributed by atoms with van der Waals surface area (Å²) in [4.78, 5) is 16.3. The van der Waals surface area contributed by atoms with Gasteiger partial charge in [-0.2, -0.15) is 5.10 Å². The monoisotopic (exact) mass is 335 g/mol. The number of quaternary nitrogens is 1. The third-order valence-electron chi connectivity index (χ3n) is 5.13. The molecule has 0 saturated carbocycles. The number of aryl methyl sites for hydroxylation is 1. The van der Waals surface area contributed by atoms with Gasteiger partial charge in [0.2, 0.25) is 0 Å². The maximum atomic E-state index is 12.8. The van der Waals surface area contributed by atoms with Crippen molar-refractivity contribution in [3.8, 4) is 0 Å². The Morgan fingerprint density at radius 3 is 2.64 bits per heavy atom. The molecule has 0 radical (unpaired) electrons. The Morgan fingerprint density at radius 1 is 1.12 bits per heavy atom. The summed E-state index contributed by atoms with van der Waals surface area (Å²) in [6.07, 6.45) is 0. The highest BCUT2D eigenvalue weighted by Crippen LogP contribution is 2.17. The molecule has 5 nitrogen and oxygen atoms in total. The molecule has 1 aliphatic heterocycles.